The third-order valence-electron chi connectivity index (χ3n) is 17.4. The van der Waals surface area contributed by atoms with E-state index < -0.39 is 63.4 Å². The van der Waals surface area contributed by atoms with Gasteiger partial charge in [0.1, 0.15) is 5.75 Å². The number of alkyl halides is 1. The molecule has 0 radical (unpaired) electrons. The number of ether oxygens (including phenoxy) is 1. The average molecular weight is 2140 g/mol. The smallest absolute Gasteiger partial charge is 0.398 e. The molecule has 652 valence electrons. The van der Waals surface area contributed by atoms with Crippen molar-refractivity contribution in [3.8, 4) is 11.5 Å². The van der Waals surface area contributed by atoms with E-state index in [0.717, 1.165) is 66.2 Å². The van der Waals surface area contributed by atoms with E-state index in [4.69, 9.17) is 35.8 Å². The first kappa shape index (κ1) is 97.5. The number of hydrogen-bond donors (Lipinski definition) is 10. The van der Waals surface area contributed by atoms with Crippen molar-refractivity contribution >= 4 is 198 Å². The molecule has 0 aliphatic carbocycles. The number of nitro benzene ring substituents is 4. The Balaban J connectivity index is 0.000000192. The van der Waals surface area contributed by atoms with Crippen LogP contribution >= 0.6 is 80.5 Å². The molecule has 12 rings (SSSR count). The van der Waals surface area contributed by atoms with Crippen LogP contribution in [0.1, 0.15) is 67.1 Å². The summed E-state index contributed by atoms with van der Waals surface area (Å²) in [6.07, 6.45) is 4.24. The van der Waals surface area contributed by atoms with E-state index in [1.54, 1.807) is 152 Å². The molecule has 0 saturated carbocycles. The summed E-state index contributed by atoms with van der Waals surface area (Å²) in [6, 6.07) is 68.8. The van der Waals surface area contributed by atoms with Gasteiger partial charge >= 0.3 is 156 Å². The van der Waals surface area contributed by atoms with Gasteiger partial charge in [0.25, 0.3) is 40.5 Å². The van der Waals surface area contributed by atoms with Gasteiger partial charge in [0.2, 0.25) is 9.84 Å². The number of methoxy groups -OCH3 is 1. The second-order valence-corrected chi connectivity index (χ2v) is 37.3. The molecule has 0 aliphatic heterocycles. The molecule has 41 heteroatoms. The second-order valence-electron chi connectivity index (χ2n) is 26.2. The Morgan fingerprint density at radius 3 is 1.17 bits per heavy atom. The van der Waals surface area contributed by atoms with E-state index in [0.29, 0.717) is 70.6 Å². The van der Waals surface area contributed by atoms with Crippen LogP contribution in [0.5, 0.6) is 11.5 Å². The predicted octanol–water partition coefficient (Wildman–Crippen LogP) is 14.8. The molecule has 0 saturated heterocycles. The number of sulfone groups is 1. The summed E-state index contributed by atoms with van der Waals surface area (Å²) in [4.78, 5) is 110. The topological polar surface area (TPSA) is 535 Å². The molecule has 126 heavy (non-hydrogen) atoms. The SMILES string of the molecule is COc1ccccc1NC(=O)c1c(NC(=O)C(N)CCCCC[I-]N)cccc1Sc1ccc([N+](=O)[O-])cc1.CS(=O)(=O)Oc1ccccc1NC(=O)c1c(N)cccc1Sc1ccc([N+](=O)[O-])cc1.Nc1cccc(S(=O)(=O)c2ccc([N+](=O)[O-])cc2)c1C(=O)Nc1ccccc1I.Nc1cccc(Sc2ccc([N+](=O)[O-])cc2)c1C(=O)Nc1ccccc1I. The Bertz CT molecular complexity index is 6260. The van der Waals surface area contributed by atoms with Crippen LogP contribution in [0.4, 0.5) is 68.2 Å². The van der Waals surface area contributed by atoms with Crippen LogP contribution in [0.2, 0.25) is 0 Å². The molecule has 0 heterocycles. The number of unbranched alkanes of at least 4 members (excludes halogenated alkanes) is 2. The molecule has 12 aromatic rings. The van der Waals surface area contributed by atoms with Crippen molar-refractivity contribution in [2.75, 3.05) is 61.6 Å². The zero-order chi connectivity index (χ0) is 91.4. The number of non-ortho nitro benzene ring substituents is 4. The fourth-order valence-corrected chi connectivity index (χ4v) is 18.3. The number of carbonyl (C=O) groups excluding carboxylic acids is 5. The number of nitro groups is 4. The first-order chi connectivity index (χ1) is 60.1. The van der Waals surface area contributed by atoms with Crippen LogP contribution in [-0.2, 0) is 24.7 Å². The molecule has 1 unspecified atom stereocenters. The number of anilines is 8. The van der Waals surface area contributed by atoms with Gasteiger partial charge in [-0.1, -0.05) is 90.3 Å². The summed E-state index contributed by atoms with van der Waals surface area (Å²) in [7, 11) is -6.43. The van der Waals surface area contributed by atoms with Gasteiger partial charge in [0.15, 0.2) is 5.75 Å². The van der Waals surface area contributed by atoms with E-state index >= 15 is 0 Å². The van der Waals surface area contributed by atoms with Gasteiger partial charge in [0.05, 0.1) is 82.3 Å². The predicted molar refractivity (Wildman–Crippen MR) is 498 cm³/mol. The number of nitrogens with one attached hydrogen (secondary N) is 5. The van der Waals surface area contributed by atoms with Gasteiger partial charge in [-0.2, -0.15) is 8.42 Å². The van der Waals surface area contributed by atoms with E-state index in [1.165, 1.54) is 109 Å². The van der Waals surface area contributed by atoms with Crippen LogP contribution < -0.4 is 83.9 Å². The van der Waals surface area contributed by atoms with Crippen LogP contribution in [0.25, 0.3) is 0 Å². The molecule has 0 fully saturated rings. The third kappa shape index (κ3) is 27.8. The average Bonchev–Trinajstić information content (AvgIpc) is 0.774. The van der Waals surface area contributed by atoms with Crippen molar-refractivity contribution in [1.82, 2.24) is 0 Å². The Morgan fingerprint density at radius 1 is 0.413 bits per heavy atom. The molecule has 5 amide bonds. The fraction of sp³-hybridized carbons (Fsp3) is 0.0941. The van der Waals surface area contributed by atoms with Gasteiger partial charge in [0, 0.05) is 97.2 Å². The molecule has 0 spiro atoms. The maximum absolute atomic E-state index is 13.6. The van der Waals surface area contributed by atoms with Gasteiger partial charge in [-0.15, -0.1) is 0 Å². The van der Waals surface area contributed by atoms with E-state index in [9.17, 15) is 81.3 Å². The number of halogens is 3. The number of rotatable bonds is 31. The van der Waals surface area contributed by atoms with Crippen LogP contribution in [0.3, 0.4) is 0 Å². The van der Waals surface area contributed by atoms with Crippen molar-refractivity contribution in [2.24, 2.45) is 9.68 Å². The summed E-state index contributed by atoms with van der Waals surface area (Å²) in [6.45, 7) is 0. The van der Waals surface area contributed by atoms with E-state index in [-0.39, 0.29) is 105 Å². The minimum atomic E-state index is -4.15. The van der Waals surface area contributed by atoms with Crippen LogP contribution in [0, 0.1) is 47.6 Å². The normalized spacial score (nSPS) is 11.1. The number of benzene rings is 12. The van der Waals surface area contributed by atoms with Crippen molar-refractivity contribution < 1.29 is 90.9 Å². The molecule has 0 aromatic heterocycles. The Labute approximate surface area is 772 Å². The molecule has 15 N–H and O–H groups in total. The molecule has 33 nitrogen and oxygen atoms in total. The third-order valence-corrected chi connectivity index (χ3v) is 26.2. The molecular weight excluding hydrogens is 2060 g/mol. The van der Waals surface area contributed by atoms with Crippen molar-refractivity contribution in [1.29, 1.82) is 0 Å². The van der Waals surface area contributed by atoms with Crippen molar-refractivity contribution in [2.45, 2.75) is 70.9 Å². The van der Waals surface area contributed by atoms with Crippen molar-refractivity contribution in [3.05, 3.63) is 337 Å². The first-order valence-corrected chi connectivity index (χ1v) is 47.6. The molecular formula is C85H76I3N14O19S5-. The number of carbonyl (C=O) groups is 5. The van der Waals surface area contributed by atoms with Crippen molar-refractivity contribution in [3.63, 3.8) is 0 Å². The summed E-state index contributed by atoms with van der Waals surface area (Å²) >= 11 is 7.76. The number of nitrogen functional groups attached to an aromatic ring is 3. The summed E-state index contributed by atoms with van der Waals surface area (Å²) in [5.41, 5.74) is 27.2. The second kappa shape index (κ2) is 46.6. The fourth-order valence-electron chi connectivity index (χ4n) is 11.4. The van der Waals surface area contributed by atoms with Crippen LogP contribution in [-0.4, -0.2) is 89.9 Å². The van der Waals surface area contributed by atoms with Gasteiger partial charge in [-0.25, -0.2) is 8.42 Å². The van der Waals surface area contributed by atoms with Gasteiger partial charge < -0.3 is 42.1 Å². The molecule has 1 atom stereocenters. The standard InChI is InChI=1S/C27H31IN5O5S.C20H17N3O6S2.C19H14IN3O5S.C19H14IN3O3S/c1-38-23-11-5-4-9-21(23)31-27(35)25-22(32-26(34)20(29)8-3-2-6-17-28-30)10-7-12-24(25)39-19-15-13-18(14-16-19)33(36)37;1-31(27,28)29-17-7-3-2-6-16(17)22-20(24)19-15(21)5-4-8-18(19)30-14-11-9-13(10-12-14)23(25)26;20-14-4-1-2-6-16(14)22-19(24)18-15(21)5-3-7-17(18)29(27,28)13-10-8-12(9-11-13)23(25)26;20-14-4-1-2-6-16(14)22-19(24)18-15(21)5-3-7-17(18)27-13-10-8-12(9-11-13)23(25)26/h4-5,7,9-16,20H,2-3,6,8,17,29-30H2,1H3,(H,31,35)(H,32,34);2-12H,21H2,1H3,(H,22,24);1-11H,21H2,(H,22,24);1-11H,21H2,(H,22,24)/q-1;;;. The zero-order valence-corrected chi connectivity index (χ0v) is 76.7. The van der Waals surface area contributed by atoms with Crippen LogP contribution in [0.15, 0.2) is 306 Å². The number of hydrogen-bond acceptors (Lipinski definition) is 27. The summed E-state index contributed by atoms with van der Waals surface area (Å²) < 4.78 is 67.8. The minimum Gasteiger partial charge on any atom is -0.398 e. The number of amides is 5. The maximum atomic E-state index is 13.6. The first-order valence-electron chi connectivity index (χ1n) is 36.9. The minimum absolute atomic E-state index is 0.00331. The quantitative estimate of drug-likeness (QED) is 0.00282. The van der Waals surface area contributed by atoms with Gasteiger partial charge in [-0.3, -0.25) is 54.8 Å². The number of nitrogens with zero attached hydrogens (tertiary/aromatic N) is 4. The Hall–Kier alpha value is -12.4. The van der Waals surface area contributed by atoms with E-state index in [2.05, 4.69) is 49.2 Å². The molecule has 0 aliphatic rings. The number of nitrogens with two attached hydrogens (primary N) is 5. The Morgan fingerprint density at radius 2 is 0.754 bits per heavy atom. The van der Waals surface area contributed by atoms with Gasteiger partial charge in [-0.05, 0) is 179 Å². The van der Waals surface area contributed by atoms with E-state index in [1.807, 2.05) is 46.9 Å². The number of para-hydroxylation sites is 6. The Kier molecular flexibility index (Phi) is 36.0. The molecule has 12 aromatic carbocycles. The zero-order valence-electron chi connectivity index (χ0n) is 66.1. The summed E-state index contributed by atoms with van der Waals surface area (Å²) in [5, 5.41) is 57.4. The monoisotopic (exact) mass is 2140 g/mol. The summed E-state index contributed by atoms with van der Waals surface area (Å²) in [5.74, 6) is -1.93. The molecule has 0 bridgehead atoms.